The number of hydrogen-bond acceptors (Lipinski definition) is 3. The minimum atomic E-state index is -0.106. The number of carbonyl (C=O) groups is 1. The maximum absolute atomic E-state index is 12.2. The number of carbonyl (C=O) groups excluding carboxylic acids is 1. The van der Waals surface area contributed by atoms with E-state index in [0.717, 1.165) is 12.0 Å². The molecule has 2 aromatic rings. The Labute approximate surface area is 117 Å². The van der Waals surface area contributed by atoms with Crippen LogP contribution in [0.4, 0.5) is 5.69 Å². The van der Waals surface area contributed by atoms with Crippen LogP contribution in [0.3, 0.4) is 0 Å². The van der Waals surface area contributed by atoms with Gasteiger partial charge in [0.05, 0.1) is 12.1 Å². The monoisotopic (exact) mass is 274 g/mol. The molecule has 0 unspecified atom stereocenters. The lowest BCUT2D eigenvalue weighted by molar-refractivity contribution is 0.0951. The molecule has 0 fully saturated rings. The zero-order valence-electron chi connectivity index (χ0n) is 11.2. The molecular weight excluding hydrogens is 256 g/mol. The lowest BCUT2D eigenvalue weighted by Crippen LogP contribution is -2.24. The third-order valence-electron chi connectivity index (χ3n) is 3.16. The fourth-order valence-electron chi connectivity index (χ4n) is 2.09. The summed E-state index contributed by atoms with van der Waals surface area (Å²) in [5.41, 5.74) is 9.17. The largest absolute Gasteiger partial charge is 0.398 e. The van der Waals surface area contributed by atoms with Crippen LogP contribution >= 0.6 is 11.3 Å². The predicted octanol–water partition coefficient (Wildman–Crippen LogP) is 3.13. The third-order valence-corrected chi connectivity index (χ3v) is 4.12. The van der Waals surface area contributed by atoms with E-state index in [0.29, 0.717) is 17.8 Å². The van der Waals surface area contributed by atoms with Crippen LogP contribution in [0.5, 0.6) is 0 Å². The molecule has 1 aromatic carbocycles. The van der Waals surface area contributed by atoms with Gasteiger partial charge in [0.15, 0.2) is 0 Å². The van der Waals surface area contributed by atoms with Crippen molar-refractivity contribution in [3.05, 3.63) is 51.2 Å². The lowest BCUT2D eigenvalue weighted by atomic mass is 10.1. The summed E-state index contributed by atoms with van der Waals surface area (Å²) in [7, 11) is 0. The predicted molar refractivity (Wildman–Crippen MR) is 80.5 cm³/mol. The number of thiophene rings is 1. The third kappa shape index (κ3) is 2.96. The van der Waals surface area contributed by atoms with Gasteiger partial charge in [-0.2, -0.15) is 0 Å². The van der Waals surface area contributed by atoms with E-state index >= 15 is 0 Å². The van der Waals surface area contributed by atoms with E-state index in [1.54, 1.807) is 17.4 Å². The van der Waals surface area contributed by atoms with Gasteiger partial charge < -0.3 is 11.1 Å². The summed E-state index contributed by atoms with van der Waals surface area (Å²) in [6.07, 6.45) is 0.987. The Morgan fingerprint density at radius 1 is 1.37 bits per heavy atom. The molecule has 2 rings (SSSR count). The minimum Gasteiger partial charge on any atom is -0.398 e. The second-order valence-corrected chi connectivity index (χ2v) is 5.45. The van der Waals surface area contributed by atoms with Gasteiger partial charge in [0, 0.05) is 10.6 Å². The van der Waals surface area contributed by atoms with E-state index in [9.17, 15) is 4.79 Å². The number of amides is 1. The average molecular weight is 274 g/mol. The Balaban J connectivity index is 2.10. The van der Waals surface area contributed by atoms with Crippen LogP contribution in [-0.2, 0) is 13.0 Å². The summed E-state index contributed by atoms with van der Waals surface area (Å²) in [6, 6.07) is 7.61. The number of nitrogen functional groups attached to an aromatic ring is 1. The molecule has 3 N–H and O–H groups in total. The van der Waals surface area contributed by atoms with Gasteiger partial charge in [-0.05, 0) is 42.0 Å². The number of rotatable bonds is 4. The zero-order valence-corrected chi connectivity index (χ0v) is 12.0. The Bertz CT molecular complexity index is 569. The van der Waals surface area contributed by atoms with Crippen molar-refractivity contribution in [2.45, 2.75) is 26.8 Å². The average Bonchev–Trinajstić information content (AvgIpc) is 2.83. The van der Waals surface area contributed by atoms with Crippen molar-refractivity contribution in [1.29, 1.82) is 0 Å². The molecule has 0 atom stereocenters. The van der Waals surface area contributed by atoms with Crippen LogP contribution in [0.15, 0.2) is 29.6 Å². The molecule has 0 bridgehead atoms. The van der Waals surface area contributed by atoms with Crippen molar-refractivity contribution in [2.75, 3.05) is 5.73 Å². The first-order valence-corrected chi connectivity index (χ1v) is 7.20. The first-order chi connectivity index (χ1) is 9.13. The van der Waals surface area contributed by atoms with Crippen LogP contribution in [0.1, 0.15) is 33.3 Å². The highest BCUT2D eigenvalue weighted by atomic mass is 32.1. The van der Waals surface area contributed by atoms with Gasteiger partial charge in [-0.1, -0.05) is 19.1 Å². The summed E-state index contributed by atoms with van der Waals surface area (Å²) in [5.74, 6) is -0.106. The number of nitrogens with one attached hydrogen (secondary N) is 1. The second kappa shape index (κ2) is 5.89. The molecule has 1 heterocycles. The van der Waals surface area contributed by atoms with E-state index in [-0.39, 0.29) is 5.91 Å². The number of aryl methyl sites for hydroxylation is 2. The number of benzene rings is 1. The van der Waals surface area contributed by atoms with Gasteiger partial charge in [0.25, 0.3) is 5.91 Å². The smallest absolute Gasteiger partial charge is 0.253 e. The molecule has 0 aliphatic carbocycles. The first kappa shape index (κ1) is 13.6. The van der Waals surface area contributed by atoms with E-state index in [1.165, 1.54) is 10.4 Å². The maximum Gasteiger partial charge on any atom is 0.253 e. The Kier molecular flexibility index (Phi) is 4.22. The zero-order chi connectivity index (χ0) is 13.8. The van der Waals surface area contributed by atoms with Gasteiger partial charge in [0.2, 0.25) is 0 Å². The summed E-state index contributed by atoms with van der Waals surface area (Å²) >= 11 is 1.67. The van der Waals surface area contributed by atoms with Gasteiger partial charge in [-0.3, -0.25) is 4.79 Å². The van der Waals surface area contributed by atoms with E-state index in [2.05, 4.69) is 23.7 Å². The molecule has 4 heteroatoms. The van der Waals surface area contributed by atoms with E-state index in [4.69, 9.17) is 5.73 Å². The molecule has 19 heavy (non-hydrogen) atoms. The van der Waals surface area contributed by atoms with Crippen LogP contribution < -0.4 is 11.1 Å². The Morgan fingerprint density at radius 3 is 2.84 bits per heavy atom. The van der Waals surface area contributed by atoms with Crippen LogP contribution in [0.2, 0.25) is 0 Å². The molecule has 1 aromatic heterocycles. The Morgan fingerprint density at radius 2 is 2.16 bits per heavy atom. The molecule has 0 spiro atoms. The van der Waals surface area contributed by atoms with Crippen molar-refractivity contribution >= 4 is 22.9 Å². The number of anilines is 1. The highest BCUT2D eigenvalue weighted by Crippen LogP contribution is 2.19. The van der Waals surface area contributed by atoms with E-state index < -0.39 is 0 Å². The summed E-state index contributed by atoms with van der Waals surface area (Å²) in [4.78, 5) is 13.4. The summed E-state index contributed by atoms with van der Waals surface area (Å²) < 4.78 is 0. The molecule has 0 aliphatic rings. The van der Waals surface area contributed by atoms with Crippen LogP contribution in [0.25, 0.3) is 0 Å². The molecule has 0 saturated carbocycles. The molecule has 0 saturated heterocycles. The van der Waals surface area contributed by atoms with Gasteiger partial charge in [-0.15, -0.1) is 11.3 Å². The fraction of sp³-hybridized carbons (Fsp3) is 0.267. The van der Waals surface area contributed by atoms with Gasteiger partial charge in [0.1, 0.15) is 0 Å². The van der Waals surface area contributed by atoms with Crippen LogP contribution in [0, 0.1) is 6.92 Å². The maximum atomic E-state index is 12.2. The normalized spacial score (nSPS) is 10.4. The SMILES string of the molecule is CCc1ccsc1CNC(=O)c1c(C)cccc1N. The summed E-state index contributed by atoms with van der Waals surface area (Å²) in [6.45, 7) is 4.58. The van der Waals surface area contributed by atoms with Gasteiger partial charge in [-0.25, -0.2) is 0 Å². The number of hydrogen-bond donors (Lipinski definition) is 2. The first-order valence-electron chi connectivity index (χ1n) is 6.32. The molecule has 3 nitrogen and oxygen atoms in total. The summed E-state index contributed by atoms with van der Waals surface area (Å²) in [5, 5.41) is 5.01. The second-order valence-electron chi connectivity index (χ2n) is 4.44. The fourth-order valence-corrected chi connectivity index (χ4v) is 3.00. The molecule has 0 radical (unpaired) electrons. The highest BCUT2D eigenvalue weighted by molar-refractivity contribution is 7.10. The minimum absolute atomic E-state index is 0.106. The topological polar surface area (TPSA) is 55.1 Å². The van der Waals surface area contributed by atoms with Crippen molar-refractivity contribution < 1.29 is 4.79 Å². The molecular formula is C15H18N2OS. The van der Waals surface area contributed by atoms with Crippen molar-refractivity contribution in [3.63, 3.8) is 0 Å². The Hall–Kier alpha value is -1.81. The lowest BCUT2D eigenvalue weighted by Gasteiger charge is -2.10. The number of nitrogens with two attached hydrogens (primary N) is 1. The molecule has 1 amide bonds. The molecule has 100 valence electrons. The molecule has 0 aliphatic heterocycles. The van der Waals surface area contributed by atoms with E-state index in [1.807, 2.05) is 19.1 Å². The van der Waals surface area contributed by atoms with Crippen molar-refractivity contribution in [2.24, 2.45) is 0 Å². The quantitative estimate of drug-likeness (QED) is 0.842. The standard InChI is InChI=1S/C15H18N2OS/c1-3-11-7-8-19-13(11)9-17-15(18)14-10(2)5-4-6-12(14)16/h4-8H,3,9,16H2,1-2H3,(H,17,18). The van der Waals surface area contributed by atoms with Gasteiger partial charge >= 0.3 is 0 Å². The van der Waals surface area contributed by atoms with Crippen molar-refractivity contribution in [1.82, 2.24) is 5.32 Å². The highest BCUT2D eigenvalue weighted by Gasteiger charge is 2.13. The van der Waals surface area contributed by atoms with Crippen molar-refractivity contribution in [3.8, 4) is 0 Å². The van der Waals surface area contributed by atoms with Crippen LogP contribution in [-0.4, -0.2) is 5.91 Å².